The number of nitrogens with one attached hydrogen (secondary N) is 2. The highest BCUT2D eigenvalue weighted by atomic mass is 35.5. The number of hydrogen-bond donors (Lipinski definition) is 2. The van der Waals surface area contributed by atoms with E-state index in [0.29, 0.717) is 23.7 Å². The highest BCUT2D eigenvalue weighted by Crippen LogP contribution is 2.30. The van der Waals surface area contributed by atoms with E-state index in [4.69, 9.17) is 21.1 Å². The van der Waals surface area contributed by atoms with E-state index >= 15 is 0 Å². The molecule has 1 aromatic rings. The molecule has 6 heteroatoms. The molecule has 1 saturated heterocycles. The van der Waals surface area contributed by atoms with Gasteiger partial charge in [-0.25, -0.2) is 0 Å². The fourth-order valence-electron chi connectivity index (χ4n) is 3.30. The van der Waals surface area contributed by atoms with Crippen molar-refractivity contribution in [2.45, 2.75) is 12.8 Å². The standard InChI is InChI=1S/C18H23ClN2O3/c1-23-12-18(4-6-20-7-5-18)11-21-17(22)14-8-13-9-15(19)2-3-16(13)24-10-14/h2-3,8-9,20H,4-7,10-12H2,1H3,(H,21,22). The van der Waals surface area contributed by atoms with Gasteiger partial charge in [0.25, 0.3) is 5.91 Å². The molecule has 3 rings (SSSR count). The van der Waals surface area contributed by atoms with Crippen molar-refractivity contribution in [2.24, 2.45) is 5.41 Å². The number of carbonyl (C=O) groups excluding carboxylic acids is 1. The molecule has 2 N–H and O–H groups in total. The Bertz CT molecular complexity index is 634. The van der Waals surface area contributed by atoms with Gasteiger partial charge in [0.15, 0.2) is 0 Å². The van der Waals surface area contributed by atoms with Gasteiger partial charge in [-0.15, -0.1) is 0 Å². The van der Waals surface area contributed by atoms with Gasteiger partial charge in [-0.2, -0.15) is 0 Å². The van der Waals surface area contributed by atoms with Crippen LogP contribution in [0.15, 0.2) is 23.8 Å². The van der Waals surface area contributed by atoms with E-state index in [1.165, 1.54) is 0 Å². The first-order chi connectivity index (χ1) is 11.6. The molecule has 2 heterocycles. The van der Waals surface area contributed by atoms with Crippen LogP contribution in [0.1, 0.15) is 18.4 Å². The molecule has 24 heavy (non-hydrogen) atoms. The van der Waals surface area contributed by atoms with Crippen molar-refractivity contribution >= 4 is 23.6 Å². The van der Waals surface area contributed by atoms with Crippen LogP contribution in [0, 0.1) is 5.41 Å². The number of hydrogen-bond acceptors (Lipinski definition) is 4. The SMILES string of the molecule is COCC1(CNC(=O)C2=Cc3cc(Cl)ccc3OC2)CCNCC1. The highest BCUT2D eigenvalue weighted by molar-refractivity contribution is 6.30. The normalized spacial score (nSPS) is 19.0. The Morgan fingerprint density at radius 1 is 1.42 bits per heavy atom. The molecule has 0 saturated carbocycles. The molecule has 1 aromatic carbocycles. The van der Waals surface area contributed by atoms with Gasteiger partial charge in [0.05, 0.1) is 12.2 Å². The van der Waals surface area contributed by atoms with Crippen molar-refractivity contribution in [2.75, 3.05) is 40.0 Å². The maximum atomic E-state index is 12.5. The zero-order chi connectivity index (χ0) is 17.0. The molecule has 2 aliphatic heterocycles. The molecule has 130 valence electrons. The minimum Gasteiger partial charge on any atom is -0.488 e. The number of halogens is 1. The summed E-state index contributed by atoms with van der Waals surface area (Å²) in [5, 5.41) is 7.05. The van der Waals surface area contributed by atoms with Crippen LogP contribution in [0.25, 0.3) is 6.08 Å². The number of fused-ring (bicyclic) bond motifs is 1. The number of carbonyl (C=O) groups is 1. The van der Waals surface area contributed by atoms with Crippen molar-refractivity contribution in [3.8, 4) is 5.75 Å². The average molecular weight is 351 g/mol. The van der Waals surface area contributed by atoms with Crippen molar-refractivity contribution in [3.05, 3.63) is 34.4 Å². The minimum atomic E-state index is -0.0883. The molecule has 2 aliphatic rings. The fourth-order valence-corrected chi connectivity index (χ4v) is 3.48. The van der Waals surface area contributed by atoms with Crippen LogP contribution in [0.4, 0.5) is 0 Å². The molecule has 1 amide bonds. The van der Waals surface area contributed by atoms with Gasteiger partial charge in [-0.3, -0.25) is 4.79 Å². The maximum Gasteiger partial charge on any atom is 0.250 e. The lowest BCUT2D eigenvalue weighted by atomic mass is 9.79. The Balaban J connectivity index is 1.66. The summed E-state index contributed by atoms with van der Waals surface area (Å²) < 4.78 is 11.0. The third kappa shape index (κ3) is 3.91. The van der Waals surface area contributed by atoms with E-state index in [1.807, 2.05) is 18.2 Å². The van der Waals surface area contributed by atoms with E-state index in [9.17, 15) is 4.79 Å². The lowest BCUT2D eigenvalue weighted by Gasteiger charge is -2.37. The number of amides is 1. The summed E-state index contributed by atoms with van der Waals surface area (Å²) in [5.41, 5.74) is 1.46. The second-order valence-electron chi connectivity index (χ2n) is 6.51. The Labute approximate surface area is 147 Å². The van der Waals surface area contributed by atoms with Gasteiger partial charge in [0.2, 0.25) is 0 Å². The van der Waals surface area contributed by atoms with Crippen LogP contribution in [-0.4, -0.2) is 45.9 Å². The summed E-state index contributed by atoms with van der Waals surface area (Å²) in [6.45, 7) is 3.46. The van der Waals surface area contributed by atoms with Crippen LogP contribution in [0.2, 0.25) is 5.02 Å². The van der Waals surface area contributed by atoms with Crippen molar-refractivity contribution in [1.82, 2.24) is 10.6 Å². The number of rotatable bonds is 5. The lowest BCUT2D eigenvalue weighted by Crippen LogP contribution is -2.47. The molecule has 5 nitrogen and oxygen atoms in total. The van der Waals surface area contributed by atoms with Gasteiger partial charge in [-0.1, -0.05) is 11.6 Å². The van der Waals surface area contributed by atoms with Crippen molar-refractivity contribution in [1.29, 1.82) is 0 Å². The van der Waals surface area contributed by atoms with Gasteiger partial charge in [-0.05, 0) is 50.2 Å². The van der Waals surface area contributed by atoms with E-state index in [2.05, 4.69) is 10.6 Å². The fraction of sp³-hybridized carbons (Fsp3) is 0.500. The lowest BCUT2D eigenvalue weighted by molar-refractivity contribution is -0.118. The van der Waals surface area contributed by atoms with E-state index in [1.54, 1.807) is 13.2 Å². The number of methoxy groups -OCH3 is 1. The zero-order valence-electron chi connectivity index (χ0n) is 13.9. The summed E-state index contributed by atoms with van der Waals surface area (Å²) >= 11 is 6.01. The van der Waals surface area contributed by atoms with Gasteiger partial charge in [0.1, 0.15) is 12.4 Å². The third-order valence-electron chi connectivity index (χ3n) is 4.72. The average Bonchev–Trinajstić information content (AvgIpc) is 2.60. The van der Waals surface area contributed by atoms with E-state index in [-0.39, 0.29) is 17.9 Å². The molecule has 0 aliphatic carbocycles. The first-order valence-electron chi connectivity index (χ1n) is 8.23. The monoisotopic (exact) mass is 350 g/mol. The van der Waals surface area contributed by atoms with Gasteiger partial charge >= 0.3 is 0 Å². The predicted molar refractivity (Wildman–Crippen MR) is 94.3 cm³/mol. The Morgan fingerprint density at radius 3 is 2.96 bits per heavy atom. The Morgan fingerprint density at radius 2 is 2.21 bits per heavy atom. The summed E-state index contributed by atoms with van der Waals surface area (Å²) in [4.78, 5) is 12.5. The second kappa shape index (κ2) is 7.55. The molecule has 0 atom stereocenters. The van der Waals surface area contributed by atoms with E-state index < -0.39 is 0 Å². The molecular weight excluding hydrogens is 328 g/mol. The first-order valence-corrected chi connectivity index (χ1v) is 8.60. The largest absolute Gasteiger partial charge is 0.488 e. The quantitative estimate of drug-likeness (QED) is 0.855. The van der Waals surface area contributed by atoms with Crippen LogP contribution in [0.5, 0.6) is 5.75 Å². The summed E-state index contributed by atoms with van der Waals surface area (Å²) in [6.07, 6.45) is 3.84. The molecule has 0 unspecified atom stereocenters. The predicted octanol–water partition coefficient (Wildman–Crippen LogP) is 2.25. The second-order valence-corrected chi connectivity index (χ2v) is 6.94. The smallest absolute Gasteiger partial charge is 0.250 e. The summed E-state index contributed by atoms with van der Waals surface area (Å²) in [6, 6.07) is 5.42. The maximum absolute atomic E-state index is 12.5. The summed E-state index contributed by atoms with van der Waals surface area (Å²) in [5.74, 6) is 0.666. The molecule has 0 radical (unpaired) electrons. The molecular formula is C18H23ClN2O3. The number of ether oxygens (including phenoxy) is 2. The van der Waals surface area contributed by atoms with Crippen LogP contribution in [0.3, 0.4) is 0 Å². The molecule has 1 fully saturated rings. The summed E-state index contributed by atoms with van der Waals surface area (Å²) in [7, 11) is 1.71. The first kappa shape index (κ1) is 17.3. The molecule has 0 bridgehead atoms. The highest BCUT2D eigenvalue weighted by Gasteiger charge is 2.33. The van der Waals surface area contributed by atoms with Gasteiger partial charge < -0.3 is 20.1 Å². The van der Waals surface area contributed by atoms with Crippen molar-refractivity contribution in [3.63, 3.8) is 0 Å². The topological polar surface area (TPSA) is 59.6 Å². The Hall–Kier alpha value is -1.56. The Kier molecular flexibility index (Phi) is 5.43. The van der Waals surface area contributed by atoms with Crippen LogP contribution >= 0.6 is 11.6 Å². The van der Waals surface area contributed by atoms with Crippen LogP contribution in [-0.2, 0) is 9.53 Å². The molecule has 0 spiro atoms. The number of piperidine rings is 1. The zero-order valence-corrected chi connectivity index (χ0v) is 14.6. The van der Waals surface area contributed by atoms with Crippen molar-refractivity contribution < 1.29 is 14.3 Å². The van der Waals surface area contributed by atoms with Crippen LogP contribution < -0.4 is 15.4 Å². The van der Waals surface area contributed by atoms with E-state index in [0.717, 1.165) is 37.2 Å². The molecule has 0 aromatic heterocycles. The van der Waals surface area contributed by atoms with Gasteiger partial charge in [0, 0.05) is 29.7 Å². The third-order valence-corrected chi connectivity index (χ3v) is 4.95. The number of benzene rings is 1. The minimum absolute atomic E-state index is 0.00690.